The van der Waals surface area contributed by atoms with Gasteiger partial charge in [-0.2, -0.15) is 0 Å². The Labute approximate surface area is 193 Å². The van der Waals surface area contributed by atoms with E-state index in [2.05, 4.69) is 46.4 Å². The molecule has 0 aromatic rings. The predicted octanol–water partition coefficient (Wildman–Crippen LogP) is 7.62. The topological polar surface area (TPSA) is 20.2 Å². The van der Waals surface area contributed by atoms with E-state index < -0.39 is 0 Å². The number of hydrogen-bond donors (Lipinski definition) is 1. The fraction of sp³-hybridized carbons (Fsp3) is 0.778. The molecule has 1 unspecified atom stereocenters. The van der Waals surface area contributed by atoms with Crippen LogP contribution in [0.15, 0.2) is 35.5 Å². The van der Waals surface area contributed by atoms with E-state index in [1.54, 1.807) is 5.57 Å². The van der Waals surface area contributed by atoms with Crippen molar-refractivity contribution in [3.63, 3.8) is 0 Å². The average molecular weight is 450 g/mol. The summed E-state index contributed by atoms with van der Waals surface area (Å²) in [4.78, 5) is 0. The van der Waals surface area contributed by atoms with Gasteiger partial charge in [-0.25, -0.2) is 0 Å². The normalized spacial score (nSPS) is 36.3. The quantitative estimate of drug-likeness (QED) is 0.413. The van der Waals surface area contributed by atoms with E-state index in [0.717, 1.165) is 42.9 Å². The van der Waals surface area contributed by atoms with Crippen molar-refractivity contribution in [2.24, 2.45) is 29.1 Å². The smallest absolute Gasteiger partial charge is 0.0583 e. The predicted molar refractivity (Wildman–Crippen MR) is 121 cm³/mol. The first-order valence-electron chi connectivity index (χ1n) is 12.1. The summed E-state index contributed by atoms with van der Waals surface area (Å²) in [5.74, 6) is 3.37. The molecule has 0 amide bonds. The number of hydrogen-bond acceptors (Lipinski definition) is 1. The van der Waals surface area contributed by atoms with Gasteiger partial charge in [0.1, 0.15) is 0 Å². The Hall–Kier alpha value is -0.197. The van der Waals surface area contributed by atoms with E-state index in [1.165, 1.54) is 62.5 Å². The second kappa shape index (κ2) is 10.9. The molecule has 0 aliphatic heterocycles. The minimum Gasteiger partial charge on any atom is -0.393 e. The van der Waals surface area contributed by atoms with Crippen molar-refractivity contribution in [1.82, 2.24) is 0 Å². The van der Waals surface area contributed by atoms with Gasteiger partial charge in [-0.15, -0.1) is 0 Å². The Morgan fingerprint density at radius 1 is 1.10 bits per heavy atom. The Kier molecular flexibility index (Phi) is 9.42. The van der Waals surface area contributed by atoms with Crippen LogP contribution < -0.4 is 0 Å². The van der Waals surface area contributed by atoms with Crippen molar-refractivity contribution in [2.75, 3.05) is 0 Å². The van der Waals surface area contributed by atoms with Crippen LogP contribution in [0, 0.1) is 29.1 Å². The molecule has 5 atom stereocenters. The summed E-state index contributed by atoms with van der Waals surface area (Å²) >= 11 is 0. The van der Waals surface area contributed by atoms with Crippen molar-refractivity contribution in [1.29, 1.82) is 0 Å². The van der Waals surface area contributed by atoms with Crippen LogP contribution in [0.5, 0.6) is 0 Å². The summed E-state index contributed by atoms with van der Waals surface area (Å²) in [7, 11) is 0. The SMILES string of the molecule is C=C1CC[C@H](O)C/C1=C/C=C1\CCC[C@@]2(C)C1CC[C@@H]2[C@H](C)CCCC(C)C.[Zn]. The monoisotopic (exact) mass is 448 g/mol. The first kappa shape index (κ1) is 25.1. The average Bonchev–Trinajstić information content (AvgIpc) is 2.99. The summed E-state index contributed by atoms with van der Waals surface area (Å²) in [6.07, 6.45) is 18.2. The van der Waals surface area contributed by atoms with Crippen molar-refractivity contribution in [2.45, 2.75) is 104 Å². The molecule has 2 heteroatoms. The Balaban J connectivity index is 0.00000300. The van der Waals surface area contributed by atoms with E-state index in [0.29, 0.717) is 5.41 Å². The summed E-state index contributed by atoms with van der Waals surface area (Å²) in [6.45, 7) is 14.1. The molecule has 3 fully saturated rings. The third-order valence-corrected chi connectivity index (χ3v) is 8.35. The maximum Gasteiger partial charge on any atom is 0.0583 e. The maximum atomic E-state index is 10.0. The molecular weight excluding hydrogens is 406 g/mol. The number of aliphatic hydroxyl groups excluding tert-OH is 1. The van der Waals surface area contributed by atoms with Gasteiger partial charge in [-0.3, -0.25) is 0 Å². The second-order valence-electron chi connectivity index (χ2n) is 10.8. The minimum atomic E-state index is -0.172. The molecule has 0 bridgehead atoms. The number of allylic oxidation sites excluding steroid dienone is 4. The van der Waals surface area contributed by atoms with Crippen LogP contribution in [-0.4, -0.2) is 11.2 Å². The van der Waals surface area contributed by atoms with Crippen LogP contribution in [0.3, 0.4) is 0 Å². The molecule has 0 saturated heterocycles. The Morgan fingerprint density at radius 3 is 2.59 bits per heavy atom. The van der Waals surface area contributed by atoms with Gasteiger partial charge in [0.25, 0.3) is 0 Å². The zero-order valence-electron chi connectivity index (χ0n) is 19.7. The fourth-order valence-electron chi connectivity index (χ4n) is 6.66. The van der Waals surface area contributed by atoms with E-state index in [4.69, 9.17) is 0 Å². The molecule has 3 aliphatic rings. The van der Waals surface area contributed by atoms with E-state index in [1.807, 2.05) is 0 Å². The summed E-state index contributed by atoms with van der Waals surface area (Å²) in [6, 6.07) is 0. The van der Waals surface area contributed by atoms with Gasteiger partial charge in [0.2, 0.25) is 0 Å². The third kappa shape index (κ3) is 5.94. The number of fused-ring (bicyclic) bond motifs is 1. The zero-order valence-corrected chi connectivity index (χ0v) is 22.6. The molecule has 0 aromatic carbocycles. The summed E-state index contributed by atoms with van der Waals surface area (Å²) < 4.78 is 0. The van der Waals surface area contributed by atoms with Crippen molar-refractivity contribution in [3.8, 4) is 0 Å². The van der Waals surface area contributed by atoms with Crippen LogP contribution in [-0.2, 0) is 19.5 Å². The molecule has 3 saturated carbocycles. The minimum absolute atomic E-state index is 0. The number of rotatable bonds is 6. The molecule has 0 heterocycles. The maximum absolute atomic E-state index is 10.0. The molecule has 1 nitrogen and oxygen atoms in total. The first-order valence-corrected chi connectivity index (χ1v) is 12.1. The van der Waals surface area contributed by atoms with Crippen molar-refractivity contribution >= 4 is 0 Å². The Bertz CT molecular complexity index is 616. The van der Waals surface area contributed by atoms with Crippen LogP contribution in [0.1, 0.15) is 98.3 Å². The van der Waals surface area contributed by atoms with Gasteiger partial charge < -0.3 is 5.11 Å². The summed E-state index contributed by atoms with van der Waals surface area (Å²) in [5, 5.41) is 10.0. The third-order valence-electron chi connectivity index (χ3n) is 8.35. The molecule has 29 heavy (non-hydrogen) atoms. The molecule has 160 valence electrons. The fourth-order valence-corrected chi connectivity index (χ4v) is 6.66. The zero-order chi connectivity index (χ0) is 20.3. The van der Waals surface area contributed by atoms with Crippen LogP contribution >= 0.6 is 0 Å². The van der Waals surface area contributed by atoms with Crippen LogP contribution in [0.2, 0.25) is 0 Å². The van der Waals surface area contributed by atoms with Gasteiger partial charge >= 0.3 is 0 Å². The van der Waals surface area contributed by atoms with Gasteiger partial charge in [-0.1, -0.05) is 76.8 Å². The van der Waals surface area contributed by atoms with Gasteiger partial charge in [0.05, 0.1) is 6.10 Å². The molecule has 3 rings (SSSR count). The standard InChI is InChI=1S/C27H44O.Zn/c1-19(2)8-6-9-21(4)25-15-16-26-22(10-7-17-27(25,26)5)12-13-23-18-24(28)14-11-20(23)3;/h12-13,19,21,24-26,28H,3,6-11,14-18H2,1-2,4-5H3;/b22-12+,23-13-;/t21-,24+,25-,26?,27-;/m1./s1. The largest absolute Gasteiger partial charge is 0.393 e. The molecule has 0 aromatic heterocycles. The van der Waals surface area contributed by atoms with E-state index in [-0.39, 0.29) is 25.6 Å². The van der Waals surface area contributed by atoms with Crippen LogP contribution in [0.4, 0.5) is 0 Å². The molecule has 0 spiro atoms. The van der Waals surface area contributed by atoms with E-state index >= 15 is 0 Å². The van der Waals surface area contributed by atoms with Gasteiger partial charge in [-0.05, 0) is 86.0 Å². The molecular formula is C27H44OZn. The number of aliphatic hydroxyl groups is 1. The first-order chi connectivity index (χ1) is 13.3. The van der Waals surface area contributed by atoms with Crippen molar-refractivity contribution < 1.29 is 24.6 Å². The van der Waals surface area contributed by atoms with Gasteiger partial charge in [0, 0.05) is 19.5 Å². The summed E-state index contributed by atoms with van der Waals surface area (Å²) in [5.41, 5.74) is 4.72. The van der Waals surface area contributed by atoms with Gasteiger partial charge in [0.15, 0.2) is 0 Å². The molecule has 3 aliphatic carbocycles. The molecule has 1 N–H and O–H groups in total. The van der Waals surface area contributed by atoms with E-state index in [9.17, 15) is 5.11 Å². The Morgan fingerprint density at radius 2 is 1.86 bits per heavy atom. The van der Waals surface area contributed by atoms with Crippen molar-refractivity contribution in [3.05, 3.63) is 35.5 Å². The second-order valence-corrected chi connectivity index (χ2v) is 10.8. The molecule has 0 radical (unpaired) electrons. The van der Waals surface area contributed by atoms with Crippen LogP contribution in [0.25, 0.3) is 0 Å².